The van der Waals surface area contributed by atoms with E-state index in [2.05, 4.69) is 10.1 Å². The number of nitrogens with zero attached hydrogens (tertiary/aromatic N) is 5. The molecule has 2 fully saturated rings. The van der Waals surface area contributed by atoms with Crippen LogP contribution in [-0.4, -0.2) is 54.2 Å². The van der Waals surface area contributed by atoms with Gasteiger partial charge < -0.3 is 10.0 Å². The molecule has 1 aliphatic carbocycles. The number of aliphatic carboxylic acids is 1. The zero-order valence-electron chi connectivity index (χ0n) is 14.3. The second-order valence-corrected chi connectivity index (χ2v) is 6.90. The highest BCUT2D eigenvalue weighted by atomic mass is 16.6. The van der Waals surface area contributed by atoms with Crippen LogP contribution in [0.15, 0.2) is 30.9 Å². The fourth-order valence-corrected chi connectivity index (χ4v) is 4.33. The molecule has 1 aliphatic heterocycles. The van der Waals surface area contributed by atoms with Crippen molar-refractivity contribution in [3.8, 4) is 5.69 Å². The predicted octanol–water partition coefficient (Wildman–Crippen LogP) is 1.50. The third-order valence-electron chi connectivity index (χ3n) is 5.49. The Bertz CT molecular complexity index is 912. The minimum atomic E-state index is -1.02. The number of hydrogen-bond donors (Lipinski definition) is 1. The molecule has 3 atom stereocenters. The van der Waals surface area contributed by atoms with Gasteiger partial charge in [-0.15, -0.1) is 0 Å². The van der Waals surface area contributed by atoms with Gasteiger partial charge >= 0.3 is 5.97 Å². The average Bonchev–Trinajstić information content (AvgIpc) is 3.36. The molecule has 0 spiro atoms. The molecule has 1 amide bonds. The number of carboxylic acids is 1. The second-order valence-electron chi connectivity index (χ2n) is 6.90. The Morgan fingerprint density at radius 3 is 2.78 bits per heavy atom. The third-order valence-corrected chi connectivity index (χ3v) is 5.49. The summed E-state index contributed by atoms with van der Waals surface area (Å²) in [4.78, 5) is 40.7. The number of carboxylic acid groups (broad SMARTS) is 1. The standard InChI is InChI=1S/C17H17N5O5/c23-16(20-7-11-2-1-3-12(11)15(20)17(24)25)10-4-5-13(14(6-10)22(26)27)21-9-18-8-19-21/h4-6,8-9,11-12,15H,1-3,7H2,(H,24,25). The lowest BCUT2D eigenvalue weighted by Gasteiger charge is -2.24. The van der Waals surface area contributed by atoms with E-state index >= 15 is 0 Å². The summed E-state index contributed by atoms with van der Waals surface area (Å²) < 4.78 is 1.24. The lowest BCUT2D eigenvalue weighted by atomic mass is 9.94. The molecular weight excluding hydrogens is 354 g/mol. The monoisotopic (exact) mass is 371 g/mol. The van der Waals surface area contributed by atoms with Crippen LogP contribution in [0.2, 0.25) is 0 Å². The molecule has 10 nitrogen and oxygen atoms in total. The first kappa shape index (κ1) is 17.1. The Kier molecular flexibility index (Phi) is 4.09. The highest BCUT2D eigenvalue weighted by Crippen LogP contribution is 2.43. The molecule has 1 N–H and O–H groups in total. The minimum absolute atomic E-state index is 0.0455. The first-order chi connectivity index (χ1) is 13.0. The Balaban J connectivity index is 1.69. The van der Waals surface area contributed by atoms with E-state index in [0.717, 1.165) is 19.3 Å². The van der Waals surface area contributed by atoms with E-state index < -0.39 is 22.8 Å². The summed E-state index contributed by atoms with van der Waals surface area (Å²) in [6.07, 6.45) is 5.24. The van der Waals surface area contributed by atoms with Crippen LogP contribution in [0.5, 0.6) is 0 Å². The number of carbonyl (C=O) groups is 2. The van der Waals surface area contributed by atoms with Crippen molar-refractivity contribution in [2.45, 2.75) is 25.3 Å². The normalized spacial score (nSPS) is 24.0. The van der Waals surface area contributed by atoms with Crippen LogP contribution in [-0.2, 0) is 4.79 Å². The molecular formula is C17H17N5O5. The van der Waals surface area contributed by atoms with Crippen LogP contribution in [0, 0.1) is 22.0 Å². The number of amides is 1. The summed E-state index contributed by atoms with van der Waals surface area (Å²) >= 11 is 0. The fourth-order valence-electron chi connectivity index (χ4n) is 4.33. The molecule has 4 rings (SSSR count). The SMILES string of the molecule is O=C(O)C1C2CCCC2CN1C(=O)c1ccc(-n2cncn2)c([N+](=O)[O-])c1. The average molecular weight is 371 g/mol. The van der Waals surface area contributed by atoms with Gasteiger partial charge in [-0.3, -0.25) is 14.9 Å². The lowest BCUT2D eigenvalue weighted by Crippen LogP contribution is -2.43. The molecule has 27 heavy (non-hydrogen) atoms. The Labute approximate surface area is 153 Å². The van der Waals surface area contributed by atoms with Crippen LogP contribution >= 0.6 is 0 Å². The number of hydrogen-bond acceptors (Lipinski definition) is 6. The van der Waals surface area contributed by atoms with E-state index in [1.807, 2.05) is 0 Å². The third kappa shape index (κ3) is 2.82. The van der Waals surface area contributed by atoms with Crippen LogP contribution in [0.1, 0.15) is 29.6 Å². The smallest absolute Gasteiger partial charge is 0.326 e. The summed E-state index contributed by atoms with van der Waals surface area (Å²) in [5.41, 5.74) is -0.0171. The van der Waals surface area contributed by atoms with Gasteiger partial charge in [0.1, 0.15) is 24.4 Å². The number of aromatic nitrogens is 3. The molecule has 3 unspecified atom stereocenters. The molecule has 2 heterocycles. The van der Waals surface area contributed by atoms with Gasteiger partial charge in [-0.1, -0.05) is 6.42 Å². The number of benzene rings is 1. The summed E-state index contributed by atoms with van der Waals surface area (Å²) in [5, 5.41) is 25.0. The van der Waals surface area contributed by atoms with Crippen molar-refractivity contribution >= 4 is 17.6 Å². The number of likely N-dealkylation sites (tertiary alicyclic amines) is 1. The maximum atomic E-state index is 13.0. The van der Waals surface area contributed by atoms with E-state index in [9.17, 15) is 24.8 Å². The second kappa shape index (κ2) is 6.45. The predicted molar refractivity (Wildman–Crippen MR) is 91.3 cm³/mol. The zero-order chi connectivity index (χ0) is 19.1. The molecule has 1 saturated heterocycles. The maximum Gasteiger partial charge on any atom is 0.326 e. The molecule has 140 valence electrons. The molecule has 0 radical (unpaired) electrons. The van der Waals surface area contributed by atoms with Crippen molar-refractivity contribution in [2.24, 2.45) is 11.8 Å². The summed E-state index contributed by atoms with van der Waals surface area (Å²) in [7, 11) is 0. The molecule has 10 heteroatoms. The van der Waals surface area contributed by atoms with Gasteiger partial charge in [0.2, 0.25) is 0 Å². The Hall–Kier alpha value is -3.30. The Morgan fingerprint density at radius 2 is 2.11 bits per heavy atom. The van der Waals surface area contributed by atoms with Gasteiger partial charge in [0.25, 0.3) is 11.6 Å². The lowest BCUT2D eigenvalue weighted by molar-refractivity contribution is -0.384. The zero-order valence-corrected chi connectivity index (χ0v) is 14.3. The highest BCUT2D eigenvalue weighted by Gasteiger charge is 2.49. The minimum Gasteiger partial charge on any atom is -0.480 e. The van der Waals surface area contributed by atoms with Crippen molar-refractivity contribution in [1.82, 2.24) is 19.7 Å². The van der Waals surface area contributed by atoms with E-state index in [4.69, 9.17) is 0 Å². The van der Waals surface area contributed by atoms with Crippen molar-refractivity contribution in [3.05, 3.63) is 46.5 Å². The van der Waals surface area contributed by atoms with E-state index in [1.165, 1.54) is 40.4 Å². The Morgan fingerprint density at radius 1 is 1.30 bits per heavy atom. The molecule has 1 saturated carbocycles. The first-order valence-corrected chi connectivity index (χ1v) is 8.64. The van der Waals surface area contributed by atoms with Gasteiger partial charge in [-0.05, 0) is 36.8 Å². The van der Waals surface area contributed by atoms with Crippen LogP contribution in [0.25, 0.3) is 5.69 Å². The summed E-state index contributed by atoms with van der Waals surface area (Å²) in [6, 6.07) is 3.18. The first-order valence-electron chi connectivity index (χ1n) is 8.64. The number of rotatable bonds is 4. The topological polar surface area (TPSA) is 131 Å². The van der Waals surface area contributed by atoms with Gasteiger partial charge in [0.05, 0.1) is 4.92 Å². The molecule has 1 aromatic carbocycles. The number of nitro groups is 1. The molecule has 2 aromatic rings. The van der Waals surface area contributed by atoms with Crippen LogP contribution in [0.4, 0.5) is 5.69 Å². The number of carbonyl (C=O) groups excluding carboxylic acids is 1. The maximum absolute atomic E-state index is 13.0. The quantitative estimate of drug-likeness (QED) is 0.636. The van der Waals surface area contributed by atoms with Crippen LogP contribution in [0.3, 0.4) is 0 Å². The fraction of sp³-hybridized carbons (Fsp3) is 0.412. The van der Waals surface area contributed by atoms with Crippen LogP contribution < -0.4 is 0 Å². The summed E-state index contributed by atoms with van der Waals surface area (Å²) in [5.74, 6) is -1.38. The van der Waals surface area contributed by atoms with E-state index in [-0.39, 0.29) is 28.8 Å². The molecule has 2 aliphatic rings. The van der Waals surface area contributed by atoms with Crippen molar-refractivity contribution in [1.29, 1.82) is 0 Å². The molecule has 0 bridgehead atoms. The van der Waals surface area contributed by atoms with Gasteiger partial charge in [0.15, 0.2) is 0 Å². The van der Waals surface area contributed by atoms with E-state index in [1.54, 1.807) is 0 Å². The number of nitro benzene ring substituents is 1. The van der Waals surface area contributed by atoms with Crippen molar-refractivity contribution in [3.63, 3.8) is 0 Å². The van der Waals surface area contributed by atoms with Gasteiger partial charge in [-0.25, -0.2) is 14.5 Å². The van der Waals surface area contributed by atoms with Gasteiger partial charge in [0, 0.05) is 18.2 Å². The highest BCUT2D eigenvalue weighted by molar-refractivity contribution is 5.98. The van der Waals surface area contributed by atoms with E-state index in [0.29, 0.717) is 6.54 Å². The number of fused-ring (bicyclic) bond motifs is 1. The molecule has 1 aromatic heterocycles. The van der Waals surface area contributed by atoms with Crippen molar-refractivity contribution in [2.75, 3.05) is 6.54 Å². The van der Waals surface area contributed by atoms with Gasteiger partial charge in [-0.2, -0.15) is 5.10 Å². The largest absolute Gasteiger partial charge is 0.480 e. The van der Waals surface area contributed by atoms with Crippen molar-refractivity contribution < 1.29 is 19.6 Å². The summed E-state index contributed by atoms with van der Waals surface area (Å²) in [6.45, 7) is 0.374.